The summed E-state index contributed by atoms with van der Waals surface area (Å²) in [5.41, 5.74) is 0. The van der Waals surface area contributed by atoms with Crippen LogP contribution in [0.2, 0.25) is 0 Å². The third kappa shape index (κ3) is 4.97. The van der Waals surface area contributed by atoms with Crippen LogP contribution in [0.1, 0.15) is 47.5 Å². The van der Waals surface area contributed by atoms with Gasteiger partial charge in [0.25, 0.3) is 0 Å². The lowest BCUT2D eigenvalue weighted by Crippen LogP contribution is -2.41. The number of nitrogens with zero attached hydrogens (tertiary/aromatic N) is 1. The van der Waals surface area contributed by atoms with Crippen molar-refractivity contribution in [3.8, 4) is 0 Å². The van der Waals surface area contributed by atoms with Gasteiger partial charge in [-0.25, -0.2) is 0 Å². The summed E-state index contributed by atoms with van der Waals surface area (Å²) in [6, 6.07) is 0.706. The zero-order chi connectivity index (χ0) is 12.8. The van der Waals surface area contributed by atoms with Crippen molar-refractivity contribution < 1.29 is 0 Å². The Labute approximate surface area is 108 Å². The fourth-order valence-electron chi connectivity index (χ4n) is 3.01. The molecule has 0 spiro atoms. The molecule has 1 N–H and O–H groups in total. The molecule has 1 aliphatic rings. The van der Waals surface area contributed by atoms with Gasteiger partial charge in [0.2, 0.25) is 0 Å². The average Bonchev–Trinajstić information content (AvgIpc) is 2.49. The minimum absolute atomic E-state index is 0.706. The maximum atomic E-state index is 3.65. The van der Waals surface area contributed by atoms with Crippen LogP contribution in [-0.2, 0) is 0 Å². The van der Waals surface area contributed by atoms with Crippen LogP contribution in [0.25, 0.3) is 0 Å². The van der Waals surface area contributed by atoms with Crippen LogP contribution < -0.4 is 5.32 Å². The lowest BCUT2D eigenvalue weighted by atomic mass is 9.85. The van der Waals surface area contributed by atoms with Crippen molar-refractivity contribution in [2.75, 3.05) is 26.2 Å². The van der Waals surface area contributed by atoms with Crippen molar-refractivity contribution in [2.24, 2.45) is 17.8 Å². The van der Waals surface area contributed by atoms with E-state index in [0.717, 1.165) is 17.8 Å². The minimum atomic E-state index is 0.706. The molecule has 1 unspecified atom stereocenters. The van der Waals surface area contributed by atoms with Gasteiger partial charge in [-0.1, -0.05) is 34.6 Å². The van der Waals surface area contributed by atoms with E-state index in [4.69, 9.17) is 0 Å². The van der Waals surface area contributed by atoms with E-state index in [0.29, 0.717) is 6.04 Å². The van der Waals surface area contributed by atoms with Gasteiger partial charge in [-0.05, 0) is 43.7 Å². The topological polar surface area (TPSA) is 15.3 Å². The molecule has 0 radical (unpaired) electrons. The van der Waals surface area contributed by atoms with Crippen molar-refractivity contribution in [2.45, 2.75) is 53.5 Å². The fraction of sp³-hybridized carbons (Fsp3) is 1.00. The van der Waals surface area contributed by atoms with E-state index in [9.17, 15) is 0 Å². The van der Waals surface area contributed by atoms with Crippen LogP contribution in [0.3, 0.4) is 0 Å². The number of hydrogen-bond donors (Lipinski definition) is 1. The van der Waals surface area contributed by atoms with E-state index in [1.807, 2.05) is 0 Å². The summed E-state index contributed by atoms with van der Waals surface area (Å²) < 4.78 is 0. The van der Waals surface area contributed by atoms with E-state index >= 15 is 0 Å². The van der Waals surface area contributed by atoms with Crippen LogP contribution in [0, 0.1) is 17.8 Å². The summed E-state index contributed by atoms with van der Waals surface area (Å²) >= 11 is 0. The summed E-state index contributed by atoms with van der Waals surface area (Å²) in [6.07, 6.45) is 2.56. The normalized spacial score (nSPS) is 23.6. The summed E-state index contributed by atoms with van der Waals surface area (Å²) in [4.78, 5) is 2.69. The van der Waals surface area contributed by atoms with Crippen molar-refractivity contribution in [1.82, 2.24) is 10.2 Å². The first-order valence-electron chi connectivity index (χ1n) is 7.50. The lowest BCUT2D eigenvalue weighted by molar-refractivity contribution is 0.163. The molecule has 1 heterocycles. The van der Waals surface area contributed by atoms with E-state index in [1.54, 1.807) is 0 Å². The highest BCUT2D eigenvalue weighted by Crippen LogP contribution is 2.22. The van der Waals surface area contributed by atoms with Gasteiger partial charge in [-0.2, -0.15) is 0 Å². The Morgan fingerprint density at radius 1 is 1.18 bits per heavy atom. The Morgan fingerprint density at radius 3 is 2.35 bits per heavy atom. The summed E-state index contributed by atoms with van der Waals surface area (Å²) in [5, 5.41) is 3.65. The highest BCUT2D eigenvalue weighted by atomic mass is 15.2. The Balaban J connectivity index is 2.52. The van der Waals surface area contributed by atoms with Crippen LogP contribution in [0.15, 0.2) is 0 Å². The zero-order valence-corrected chi connectivity index (χ0v) is 12.5. The average molecular weight is 240 g/mol. The number of nitrogens with one attached hydrogen (secondary N) is 1. The van der Waals surface area contributed by atoms with Gasteiger partial charge in [0.05, 0.1) is 0 Å². The first-order valence-corrected chi connectivity index (χ1v) is 7.50. The van der Waals surface area contributed by atoms with Crippen LogP contribution >= 0.6 is 0 Å². The molecule has 0 aromatic rings. The maximum Gasteiger partial charge on any atom is 0.0192 e. The molecule has 2 heteroatoms. The molecule has 0 aromatic carbocycles. The number of hydrogen-bond acceptors (Lipinski definition) is 2. The van der Waals surface area contributed by atoms with E-state index in [1.165, 1.54) is 39.0 Å². The molecule has 0 saturated carbocycles. The van der Waals surface area contributed by atoms with Crippen molar-refractivity contribution in [1.29, 1.82) is 0 Å². The molecule has 1 atom stereocenters. The third-order valence-electron chi connectivity index (χ3n) is 4.24. The Morgan fingerprint density at radius 2 is 1.82 bits per heavy atom. The predicted octanol–water partition coefficient (Wildman–Crippen LogP) is 2.99. The Bertz CT molecular complexity index is 193. The molecule has 0 aromatic heterocycles. The molecule has 1 rings (SSSR count). The minimum Gasteiger partial charge on any atom is -0.313 e. The monoisotopic (exact) mass is 240 g/mol. The van der Waals surface area contributed by atoms with Crippen LogP contribution in [-0.4, -0.2) is 37.1 Å². The summed E-state index contributed by atoms with van der Waals surface area (Å²) in [5.74, 6) is 2.43. The first kappa shape index (κ1) is 15.0. The third-order valence-corrected chi connectivity index (χ3v) is 4.24. The molecular weight excluding hydrogens is 208 g/mol. The van der Waals surface area contributed by atoms with Gasteiger partial charge >= 0.3 is 0 Å². The van der Waals surface area contributed by atoms with E-state index in [-0.39, 0.29) is 0 Å². The molecule has 0 amide bonds. The van der Waals surface area contributed by atoms with Gasteiger partial charge in [0.1, 0.15) is 0 Å². The molecule has 1 saturated heterocycles. The number of rotatable bonds is 5. The Hall–Kier alpha value is -0.0800. The molecule has 1 fully saturated rings. The zero-order valence-electron chi connectivity index (χ0n) is 12.5. The highest BCUT2D eigenvalue weighted by Gasteiger charge is 2.23. The maximum absolute atomic E-state index is 3.65. The van der Waals surface area contributed by atoms with Gasteiger partial charge in [0, 0.05) is 19.1 Å². The predicted molar refractivity (Wildman–Crippen MR) is 76.3 cm³/mol. The second kappa shape index (κ2) is 7.38. The second-order valence-electron chi connectivity index (χ2n) is 6.32. The Kier molecular flexibility index (Phi) is 6.50. The van der Waals surface area contributed by atoms with Gasteiger partial charge < -0.3 is 10.2 Å². The van der Waals surface area contributed by atoms with Gasteiger partial charge in [0.15, 0.2) is 0 Å². The second-order valence-corrected chi connectivity index (χ2v) is 6.32. The van der Waals surface area contributed by atoms with Crippen molar-refractivity contribution in [3.63, 3.8) is 0 Å². The smallest absolute Gasteiger partial charge is 0.0192 e. The van der Waals surface area contributed by atoms with Crippen molar-refractivity contribution in [3.05, 3.63) is 0 Å². The van der Waals surface area contributed by atoms with Gasteiger partial charge in [-0.15, -0.1) is 0 Å². The molecule has 0 bridgehead atoms. The molecule has 1 aliphatic heterocycles. The van der Waals surface area contributed by atoms with Crippen LogP contribution in [0.4, 0.5) is 0 Å². The van der Waals surface area contributed by atoms with E-state index in [2.05, 4.69) is 44.8 Å². The largest absolute Gasteiger partial charge is 0.313 e. The highest BCUT2D eigenvalue weighted by molar-refractivity contribution is 4.79. The molecule has 102 valence electrons. The summed E-state index contributed by atoms with van der Waals surface area (Å²) in [6.45, 7) is 16.8. The van der Waals surface area contributed by atoms with E-state index < -0.39 is 0 Å². The lowest BCUT2D eigenvalue weighted by Gasteiger charge is -2.32. The molecule has 0 aliphatic carbocycles. The SMILES string of the molecule is CCC1CN(CC(C(C)C)C(C)C)CCCN1. The van der Waals surface area contributed by atoms with Crippen LogP contribution in [0.5, 0.6) is 0 Å². The molecular formula is C15H32N2. The first-order chi connectivity index (χ1) is 8.04. The summed E-state index contributed by atoms with van der Waals surface area (Å²) in [7, 11) is 0. The quantitative estimate of drug-likeness (QED) is 0.795. The van der Waals surface area contributed by atoms with Crippen molar-refractivity contribution >= 4 is 0 Å². The fourth-order valence-corrected chi connectivity index (χ4v) is 3.01. The molecule has 2 nitrogen and oxygen atoms in total. The van der Waals surface area contributed by atoms with Gasteiger partial charge in [-0.3, -0.25) is 0 Å². The standard InChI is InChI=1S/C15H32N2/c1-6-14-10-17(9-7-8-16-14)11-15(12(2)3)13(4)5/h12-16H,6-11H2,1-5H3. The molecule has 17 heavy (non-hydrogen) atoms.